The molecule has 3 unspecified atom stereocenters. The van der Waals surface area contributed by atoms with Gasteiger partial charge in [0.1, 0.15) is 58.5 Å². The number of rotatable bonds is 17. The lowest BCUT2D eigenvalue weighted by molar-refractivity contribution is -0.143. The number of fused-ring (bicyclic) bond motifs is 2. The first-order valence-corrected chi connectivity index (χ1v) is 26.7. The zero-order valence-corrected chi connectivity index (χ0v) is 44.1. The molecule has 0 fully saturated rings. The Balaban J connectivity index is 1.55. The fourth-order valence-corrected chi connectivity index (χ4v) is 9.20. The second kappa shape index (κ2) is 23.6. The van der Waals surface area contributed by atoms with Gasteiger partial charge in [-0.15, -0.1) is 0 Å². The number of carbonyl (C=O) groups is 3. The predicted molar refractivity (Wildman–Crippen MR) is 258 cm³/mol. The summed E-state index contributed by atoms with van der Waals surface area (Å²) in [5.74, 6) is -4.10. The standard InChI is InChI=1S/C45H44ClF10N8O10PS2/c1-23-19-43(49,50)38-33(23)37(45(54,55)56)59-62(38)20-32(65)58-31(17-24-15-25(47)18-26(48)16-24)35-28(8-7-27(57-35)11-12-42(2,3)76(5)70)29-9-10-30(46)34-36(29)63(21-44(51,52)53)60-39(34)64(77(6)71)41(67)72-14-13-61(4)40(66)73-22-74-75(68)69/h7-10,15-16,18,23,31,68-69H,13-14,17,19-22H2,1-6H3,(H,58,65)/t23-,31?,76?,77?/m0/s1. The Hall–Kier alpha value is -5.96. The zero-order valence-electron chi connectivity index (χ0n) is 40.9. The molecule has 6 rings (SSSR count). The summed E-state index contributed by atoms with van der Waals surface area (Å²) in [6.45, 7) is -1.06. The number of pyridine rings is 1. The monoisotopic (exact) mass is 1180 g/mol. The fourth-order valence-electron chi connectivity index (χ4n) is 7.99. The van der Waals surface area contributed by atoms with Gasteiger partial charge in [0.25, 0.3) is 5.92 Å². The molecule has 1 aliphatic rings. The third-order valence-corrected chi connectivity index (χ3v) is 14.5. The fraction of sp³-hybridized carbons (Fsp3) is 0.422. The van der Waals surface area contributed by atoms with E-state index in [2.05, 4.69) is 41.6 Å². The highest BCUT2D eigenvalue weighted by Crippen LogP contribution is 2.52. The number of amides is 3. The van der Waals surface area contributed by atoms with Gasteiger partial charge in [0, 0.05) is 59.5 Å². The molecular weight excluding hydrogens is 1130 g/mol. The summed E-state index contributed by atoms with van der Waals surface area (Å²) in [4.78, 5) is 63.3. The minimum atomic E-state index is -5.24. The van der Waals surface area contributed by atoms with Crippen LogP contribution in [-0.2, 0) is 72.2 Å². The topological polar surface area (TPSA) is 221 Å². The lowest BCUT2D eigenvalue weighted by Crippen LogP contribution is -2.36. The van der Waals surface area contributed by atoms with Gasteiger partial charge in [0.2, 0.25) is 12.7 Å². The number of likely N-dealkylation sites (N-methyl/N-ethyl adjacent to an activating group) is 1. The van der Waals surface area contributed by atoms with Crippen molar-refractivity contribution < 1.29 is 90.5 Å². The van der Waals surface area contributed by atoms with Crippen molar-refractivity contribution in [1.82, 2.24) is 34.8 Å². The summed E-state index contributed by atoms with van der Waals surface area (Å²) >= 11 is 6.69. The molecule has 0 saturated heterocycles. The van der Waals surface area contributed by atoms with Crippen molar-refractivity contribution >= 4 is 76.8 Å². The van der Waals surface area contributed by atoms with E-state index < -0.39 is 185 Å². The summed E-state index contributed by atoms with van der Waals surface area (Å²) < 4.78 is 187. The highest BCUT2D eigenvalue weighted by atomic mass is 35.5. The van der Waals surface area contributed by atoms with Crippen molar-refractivity contribution in [3.8, 4) is 23.0 Å². The van der Waals surface area contributed by atoms with Gasteiger partial charge in [-0.2, -0.15) is 49.6 Å². The lowest BCUT2D eigenvalue weighted by Gasteiger charge is -2.23. The number of aromatic nitrogens is 5. The molecule has 0 saturated carbocycles. The molecule has 5 aromatic rings. The number of nitrogens with one attached hydrogen (secondary N) is 1. The van der Waals surface area contributed by atoms with Crippen LogP contribution in [0.2, 0.25) is 5.02 Å². The number of halogens is 11. The van der Waals surface area contributed by atoms with Crippen molar-refractivity contribution in [2.24, 2.45) is 0 Å². The van der Waals surface area contributed by atoms with Gasteiger partial charge in [-0.25, -0.2) is 27.6 Å². The lowest BCUT2D eigenvalue weighted by atomic mass is 9.93. The van der Waals surface area contributed by atoms with Gasteiger partial charge in [-0.1, -0.05) is 30.5 Å². The Morgan fingerprint density at radius 1 is 0.974 bits per heavy atom. The average Bonchev–Trinajstić information content (AvgIpc) is 3.94. The second-order valence-corrected chi connectivity index (χ2v) is 21.9. The Kier molecular flexibility index (Phi) is 18.4. The number of ether oxygens (including phenoxy) is 2. The molecule has 0 spiro atoms. The first-order valence-electron chi connectivity index (χ1n) is 22.1. The molecule has 32 heteroatoms. The molecule has 418 valence electrons. The molecule has 2 aromatic carbocycles. The summed E-state index contributed by atoms with van der Waals surface area (Å²) in [6.07, 6.45) is -12.4. The number of hydrogen-bond donors (Lipinski definition) is 3. The summed E-state index contributed by atoms with van der Waals surface area (Å²) in [7, 11) is -5.82. The molecule has 0 aliphatic heterocycles. The van der Waals surface area contributed by atoms with Crippen LogP contribution in [0.15, 0.2) is 42.5 Å². The SMILES string of the molecule is C[C@H]1CC(F)(F)c2c1c(C(F)(F)F)nn2CC(=O)NC(Cc1cc(F)cc(F)c1)c1nc(C#CC(C)(C)S(C)=O)ccc1-c1ccc(Cl)c2c(N(C(=O)OCCN(C)C(=O)OCOP(O)O)S(C)=O)nn(CC(F)(F)F)c12. The maximum atomic E-state index is 15.4. The van der Waals surface area contributed by atoms with Gasteiger partial charge >= 0.3 is 33.1 Å². The van der Waals surface area contributed by atoms with Crippen molar-refractivity contribution in [1.29, 1.82) is 0 Å². The molecule has 18 nitrogen and oxygen atoms in total. The first kappa shape index (κ1) is 60.3. The molecule has 77 heavy (non-hydrogen) atoms. The van der Waals surface area contributed by atoms with Crippen LogP contribution < -0.4 is 9.62 Å². The minimum absolute atomic E-state index is 0.178. The minimum Gasteiger partial charge on any atom is -0.447 e. The molecule has 3 amide bonds. The maximum absolute atomic E-state index is 15.4. The molecule has 0 radical (unpaired) electrons. The van der Waals surface area contributed by atoms with E-state index in [1.807, 2.05) is 0 Å². The van der Waals surface area contributed by atoms with Crippen molar-refractivity contribution in [2.75, 3.05) is 43.8 Å². The van der Waals surface area contributed by atoms with Crippen LogP contribution in [-0.4, -0.2) is 116 Å². The highest BCUT2D eigenvalue weighted by Gasteiger charge is 2.53. The van der Waals surface area contributed by atoms with Crippen LogP contribution in [0, 0.1) is 23.5 Å². The Morgan fingerprint density at radius 3 is 2.22 bits per heavy atom. The number of nitrogens with zero attached hydrogens (tertiary/aromatic N) is 7. The van der Waals surface area contributed by atoms with Crippen molar-refractivity contribution in [3.05, 3.63) is 93.0 Å². The van der Waals surface area contributed by atoms with Crippen molar-refractivity contribution in [2.45, 2.75) is 81.7 Å². The molecule has 3 N–H and O–H groups in total. The van der Waals surface area contributed by atoms with Crippen LogP contribution in [0.25, 0.3) is 22.0 Å². The number of hydrogen-bond acceptors (Lipinski definition) is 13. The van der Waals surface area contributed by atoms with E-state index in [1.54, 1.807) is 0 Å². The third kappa shape index (κ3) is 14.4. The Morgan fingerprint density at radius 2 is 1.62 bits per heavy atom. The van der Waals surface area contributed by atoms with Gasteiger partial charge in [0.05, 0.1) is 34.2 Å². The van der Waals surface area contributed by atoms with E-state index in [9.17, 15) is 57.9 Å². The van der Waals surface area contributed by atoms with E-state index in [1.165, 1.54) is 39.3 Å². The number of benzene rings is 2. The van der Waals surface area contributed by atoms with E-state index >= 15 is 8.78 Å². The quantitative estimate of drug-likeness (QED) is 0.0345. The van der Waals surface area contributed by atoms with Gasteiger partial charge in [0.15, 0.2) is 11.5 Å². The summed E-state index contributed by atoms with van der Waals surface area (Å²) in [6, 6.07) is 5.15. The molecule has 3 heterocycles. The number of alkyl halides is 8. The maximum Gasteiger partial charge on any atom is 0.435 e. The summed E-state index contributed by atoms with van der Waals surface area (Å²) in [5.41, 5.74) is -5.57. The zero-order chi connectivity index (χ0) is 57.3. The predicted octanol–water partition coefficient (Wildman–Crippen LogP) is 8.51. The second-order valence-electron chi connectivity index (χ2n) is 17.6. The third-order valence-electron chi connectivity index (χ3n) is 11.5. The van der Waals surface area contributed by atoms with E-state index in [0.717, 1.165) is 42.3 Å². The molecule has 1 aliphatic carbocycles. The van der Waals surface area contributed by atoms with Crippen LogP contribution in [0.3, 0.4) is 0 Å². The largest absolute Gasteiger partial charge is 0.447 e. The van der Waals surface area contributed by atoms with Gasteiger partial charge in [-0.3, -0.25) is 22.9 Å². The Labute approximate surface area is 442 Å². The molecular formula is C45H44ClF10N8O10PS2. The van der Waals surface area contributed by atoms with Gasteiger partial charge < -0.3 is 29.5 Å². The smallest absolute Gasteiger partial charge is 0.435 e. The van der Waals surface area contributed by atoms with E-state index in [-0.39, 0.29) is 27.1 Å². The first-order chi connectivity index (χ1) is 35.7. The molecule has 4 atom stereocenters. The van der Waals surface area contributed by atoms with Crippen LogP contribution in [0.4, 0.5) is 59.3 Å². The molecule has 3 aromatic heterocycles. The summed E-state index contributed by atoms with van der Waals surface area (Å²) in [5, 5.41) is 8.97. The normalized spacial score (nSPS) is 15.6. The van der Waals surface area contributed by atoms with Gasteiger partial charge in [-0.05, 0) is 68.0 Å². The van der Waals surface area contributed by atoms with Crippen LogP contribution in [0.1, 0.15) is 73.1 Å². The Bertz CT molecular complexity index is 3190. The number of anilines is 1. The number of carbonyl (C=O) groups excluding carboxylic acids is 3. The van der Waals surface area contributed by atoms with Crippen molar-refractivity contribution in [3.63, 3.8) is 0 Å². The highest BCUT2D eigenvalue weighted by molar-refractivity contribution is 7.86. The van der Waals surface area contributed by atoms with E-state index in [0.29, 0.717) is 15.1 Å². The van der Waals surface area contributed by atoms with Crippen LogP contribution in [0.5, 0.6) is 0 Å². The van der Waals surface area contributed by atoms with Crippen LogP contribution >= 0.6 is 20.2 Å². The average molecular weight is 1180 g/mol. The van der Waals surface area contributed by atoms with E-state index in [4.69, 9.17) is 26.1 Å². The molecule has 0 bridgehead atoms.